The molecule has 3 aromatic heterocycles. The van der Waals surface area contributed by atoms with Crippen molar-refractivity contribution >= 4 is 11.9 Å². The molecule has 1 aliphatic heterocycles. The average molecular weight is 352 g/mol. The molecule has 0 bridgehead atoms. The van der Waals surface area contributed by atoms with Gasteiger partial charge in [-0.25, -0.2) is 15.0 Å². The zero-order valence-electron chi connectivity index (χ0n) is 14.5. The van der Waals surface area contributed by atoms with Crippen LogP contribution < -0.4 is 10.2 Å². The number of nitrogens with one attached hydrogen (secondary N) is 2. The number of rotatable bonds is 5. The van der Waals surface area contributed by atoms with E-state index in [2.05, 4.69) is 30.2 Å². The first-order valence-electron chi connectivity index (χ1n) is 8.69. The lowest BCUT2D eigenvalue weighted by atomic mass is 10.2. The van der Waals surface area contributed by atoms with Crippen molar-refractivity contribution in [2.75, 3.05) is 18.0 Å². The predicted octanol–water partition coefficient (Wildman–Crippen LogP) is 2.03. The van der Waals surface area contributed by atoms with Crippen molar-refractivity contribution in [1.82, 2.24) is 25.3 Å². The Morgan fingerprint density at radius 1 is 1.42 bits per heavy atom. The van der Waals surface area contributed by atoms with Crippen LogP contribution in [0.5, 0.6) is 0 Å². The number of hydrogen-bond acceptors (Lipinski definition) is 6. The maximum atomic E-state index is 12.4. The molecule has 2 N–H and O–H groups in total. The third-order valence-electron chi connectivity index (χ3n) is 4.50. The van der Waals surface area contributed by atoms with Crippen molar-refractivity contribution in [1.29, 1.82) is 0 Å². The minimum Gasteiger partial charge on any atom is -0.448 e. The lowest BCUT2D eigenvalue weighted by molar-refractivity contribution is 0.0934. The Morgan fingerprint density at radius 2 is 2.35 bits per heavy atom. The van der Waals surface area contributed by atoms with Crippen molar-refractivity contribution in [3.8, 4) is 11.4 Å². The zero-order chi connectivity index (χ0) is 17.9. The van der Waals surface area contributed by atoms with Crippen LogP contribution in [0.15, 0.2) is 41.4 Å². The fourth-order valence-corrected chi connectivity index (χ4v) is 3.16. The summed E-state index contributed by atoms with van der Waals surface area (Å²) in [5.41, 5.74) is 2.18. The molecule has 1 atom stereocenters. The van der Waals surface area contributed by atoms with E-state index >= 15 is 0 Å². The highest BCUT2D eigenvalue weighted by Gasteiger charge is 2.27. The van der Waals surface area contributed by atoms with E-state index < -0.39 is 0 Å². The minimum atomic E-state index is -0.191. The maximum absolute atomic E-state index is 12.4. The molecule has 1 unspecified atom stereocenters. The summed E-state index contributed by atoms with van der Waals surface area (Å²) in [6.45, 7) is 3.39. The zero-order valence-corrected chi connectivity index (χ0v) is 14.5. The van der Waals surface area contributed by atoms with Crippen LogP contribution in [0.4, 0.5) is 5.95 Å². The van der Waals surface area contributed by atoms with Gasteiger partial charge in [0.15, 0.2) is 12.1 Å². The molecule has 1 saturated heterocycles. The number of carbonyl (C=O) groups excluding carboxylic acids is 1. The summed E-state index contributed by atoms with van der Waals surface area (Å²) in [6, 6.07) is 5.82. The van der Waals surface area contributed by atoms with Crippen LogP contribution >= 0.6 is 0 Å². The third-order valence-corrected chi connectivity index (χ3v) is 4.50. The van der Waals surface area contributed by atoms with E-state index in [0.29, 0.717) is 30.4 Å². The lowest BCUT2D eigenvalue weighted by Gasteiger charge is -2.17. The molecule has 8 nitrogen and oxygen atoms in total. The predicted molar refractivity (Wildman–Crippen MR) is 95.8 cm³/mol. The third kappa shape index (κ3) is 3.17. The monoisotopic (exact) mass is 352 g/mol. The molecule has 4 heterocycles. The van der Waals surface area contributed by atoms with E-state index in [4.69, 9.17) is 4.42 Å². The molecule has 1 aliphatic rings. The number of nitrogens with zero attached hydrogens (tertiary/aromatic N) is 4. The number of aromatic nitrogens is 4. The lowest BCUT2D eigenvalue weighted by Crippen LogP contribution is -2.37. The van der Waals surface area contributed by atoms with Gasteiger partial charge in [-0.15, -0.1) is 0 Å². The standard InChI is InChI=1S/C18H20N6O2/c1-2-15-16(21-11-26-15)17(25)22-12-6-9-24(10-12)18-20-8-5-14(23-18)13-4-3-7-19-13/h3-5,7-8,11-12,19H,2,6,9-10H2,1H3,(H,22,25). The molecule has 4 rings (SSSR count). The van der Waals surface area contributed by atoms with Crippen LogP contribution in [0.2, 0.25) is 0 Å². The Kier molecular flexibility index (Phi) is 4.39. The van der Waals surface area contributed by atoms with Crippen molar-refractivity contribution in [3.63, 3.8) is 0 Å². The molecule has 8 heteroatoms. The second-order valence-electron chi connectivity index (χ2n) is 6.21. The van der Waals surface area contributed by atoms with Crippen molar-refractivity contribution in [2.45, 2.75) is 25.8 Å². The maximum Gasteiger partial charge on any atom is 0.273 e. The van der Waals surface area contributed by atoms with Crippen LogP contribution in [0.25, 0.3) is 11.4 Å². The van der Waals surface area contributed by atoms with Gasteiger partial charge < -0.3 is 19.6 Å². The molecule has 0 aliphatic carbocycles. The van der Waals surface area contributed by atoms with Gasteiger partial charge in [0.25, 0.3) is 5.91 Å². The Morgan fingerprint density at radius 3 is 3.15 bits per heavy atom. The molecule has 3 aromatic rings. The Labute approximate surface area is 150 Å². The first-order chi connectivity index (χ1) is 12.7. The van der Waals surface area contributed by atoms with E-state index in [1.54, 1.807) is 6.20 Å². The summed E-state index contributed by atoms with van der Waals surface area (Å²) < 4.78 is 5.23. The highest BCUT2D eigenvalue weighted by Crippen LogP contribution is 2.20. The van der Waals surface area contributed by atoms with Crippen LogP contribution in [0.1, 0.15) is 29.6 Å². The molecule has 0 spiro atoms. The van der Waals surface area contributed by atoms with Crippen molar-refractivity contribution in [2.24, 2.45) is 0 Å². The Balaban J connectivity index is 1.42. The fraction of sp³-hybridized carbons (Fsp3) is 0.333. The summed E-state index contributed by atoms with van der Waals surface area (Å²) >= 11 is 0. The first-order valence-corrected chi connectivity index (χ1v) is 8.69. The van der Waals surface area contributed by atoms with Gasteiger partial charge in [-0.3, -0.25) is 4.79 Å². The number of aryl methyl sites for hydroxylation is 1. The Hall–Kier alpha value is -3.16. The van der Waals surface area contributed by atoms with Gasteiger partial charge in [-0.1, -0.05) is 6.92 Å². The quantitative estimate of drug-likeness (QED) is 0.729. The van der Waals surface area contributed by atoms with Gasteiger partial charge in [0, 0.05) is 37.9 Å². The van der Waals surface area contributed by atoms with E-state index in [-0.39, 0.29) is 11.9 Å². The highest BCUT2D eigenvalue weighted by atomic mass is 16.3. The number of anilines is 1. The summed E-state index contributed by atoms with van der Waals surface area (Å²) in [6.07, 6.45) is 6.41. The molecule has 0 saturated carbocycles. The number of aromatic amines is 1. The van der Waals surface area contributed by atoms with Crippen LogP contribution in [0.3, 0.4) is 0 Å². The van der Waals surface area contributed by atoms with E-state index in [1.165, 1.54) is 6.39 Å². The van der Waals surface area contributed by atoms with Crippen LogP contribution in [0, 0.1) is 0 Å². The largest absolute Gasteiger partial charge is 0.448 e. The van der Waals surface area contributed by atoms with Gasteiger partial charge in [0.1, 0.15) is 5.76 Å². The van der Waals surface area contributed by atoms with Gasteiger partial charge in [0.05, 0.1) is 11.4 Å². The molecule has 0 radical (unpaired) electrons. The topological polar surface area (TPSA) is 99.9 Å². The normalized spacial score (nSPS) is 16.8. The van der Waals surface area contributed by atoms with E-state index in [9.17, 15) is 4.79 Å². The van der Waals surface area contributed by atoms with Gasteiger partial charge in [-0.2, -0.15) is 0 Å². The van der Waals surface area contributed by atoms with Crippen molar-refractivity contribution in [3.05, 3.63) is 48.4 Å². The molecular formula is C18H20N6O2. The van der Waals surface area contributed by atoms with E-state index in [1.807, 2.05) is 31.3 Å². The smallest absolute Gasteiger partial charge is 0.273 e. The van der Waals surface area contributed by atoms with E-state index in [0.717, 1.165) is 24.4 Å². The summed E-state index contributed by atoms with van der Waals surface area (Å²) in [5, 5.41) is 3.03. The summed E-state index contributed by atoms with van der Waals surface area (Å²) in [4.78, 5) is 30.7. The van der Waals surface area contributed by atoms with Gasteiger partial charge in [0.2, 0.25) is 5.95 Å². The molecule has 1 amide bonds. The summed E-state index contributed by atoms with van der Waals surface area (Å²) in [7, 11) is 0. The van der Waals surface area contributed by atoms with Gasteiger partial charge >= 0.3 is 0 Å². The van der Waals surface area contributed by atoms with Gasteiger partial charge in [-0.05, 0) is 24.6 Å². The fourth-order valence-electron chi connectivity index (χ4n) is 3.16. The highest BCUT2D eigenvalue weighted by molar-refractivity contribution is 5.93. The molecule has 0 aromatic carbocycles. The minimum absolute atomic E-state index is 0.0293. The summed E-state index contributed by atoms with van der Waals surface area (Å²) in [5.74, 6) is 1.09. The molecular weight excluding hydrogens is 332 g/mol. The number of hydrogen-bond donors (Lipinski definition) is 2. The second kappa shape index (κ2) is 6.99. The molecule has 26 heavy (non-hydrogen) atoms. The molecule has 1 fully saturated rings. The van der Waals surface area contributed by atoms with Crippen molar-refractivity contribution < 1.29 is 9.21 Å². The second-order valence-corrected chi connectivity index (χ2v) is 6.21. The SMILES string of the molecule is CCc1ocnc1C(=O)NC1CCN(c2nccc(-c3ccc[nH]3)n2)C1. The van der Waals surface area contributed by atoms with Crippen LogP contribution in [-0.4, -0.2) is 45.0 Å². The number of amides is 1. The first kappa shape index (κ1) is 16.3. The number of oxazole rings is 1. The number of carbonyl (C=O) groups is 1. The molecule has 134 valence electrons. The average Bonchev–Trinajstić information content (AvgIpc) is 3.42. The van der Waals surface area contributed by atoms with Crippen LogP contribution in [-0.2, 0) is 6.42 Å². The number of H-pyrrole nitrogens is 1. The Bertz CT molecular complexity index is 889.